The molecular weight excluding hydrogens is 369 g/mol. The monoisotopic (exact) mass is 401 g/mol. The third-order valence-corrected chi connectivity index (χ3v) is 5.30. The summed E-state index contributed by atoms with van der Waals surface area (Å²) < 4.78 is 0. The van der Waals surface area contributed by atoms with Crippen molar-refractivity contribution in [2.24, 2.45) is 11.8 Å². The van der Waals surface area contributed by atoms with E-state index in [1.165, 1.54) is 37.1 Å². The van der Waals surface area contributed by atoms with Crippen molar-refractivity contribution in [1.82, 2.24) is 15.5 Å². The number of nitrogens with one attached hydrogen (secondary N) is 2. The number of likely N-dealkylation sites (tertiary alicyclic amines) is 1. The summed E-state index contributed by atoms with van der Waals surface area (Å²) in [4.78, 5) is 14.7. The molecule has 2 saturated heterocycles. The van der Waals surface area contributed by atoms with Gasteiger partial charge in [-0.25, -0.2) is 0 Å². The van der Waals surface area contributed by atoms with E-state index in [9.17, 15) is 4.79 Å². The minimum absolute atomic E-state index is 0. The van der Waals surface area contributed by atoms with E-state index >= 15 is 0 Å². The first-order valence-corrected chi connectivity index (χ1v) is 9.49. The van der Waals surface area contributed by atoms with Gasteiger partial charge in [-0.3, -0.25) is 9.69 Å². The molecule has 0 aromatic heterocycles. The number of rotatable bonds is 5. The molecule has 2 heterocycles. The standard InChI is InChI=1S/C20H31N3O.2ClH/c1-16-4-3-11-23(14-16)15-18-8-6-17(7-9-18)12-22-20(24)19-5-2-10-21-13-19;;/h6-9,16,19,21H,2-5,10-15H2,1H3,(H,22,24);2*1H. The number of benzene rings is 1. The van der Waals surface area contributed by atoms with E-state index in [1.54, 1.807) is 0 Å². The highest BCUT2D eigenvalue weighted by Crippen LogP contribution is 2.18. The van der Waals surface area contributed by atoms with Crippen molar-refractivity contribution in [3.63, 3.8) is 0 Å². The van der Waals surface area contributed by atoms with Crippen LogP contribution in [0.25, 0.3) is 0 Å². The Kier molecular flexibility index (Phi) is 10.6. The van der Waals surface area contributed by atoms with Gasteiger partial charge in [0.2, 0.25) is 5.91 Å². The van der Waals surface area contributed by atoms with Crippen molar-refractivity contribution in [3.05, 3.63) is 35.4 Å². The second-order valence-corrected chi connectivity index (χ2v) is 7.56. The van der Waals surface area contributed by atoms with Gasteiger partial charge in [0.1, 0.15) is 0 Å². The number of amides is 1. The largest absolute Gasteiger partial charge is 0.352 e. The zero-order chi connectivity index (χ0) is 16.8. The maximum Gasteiger partial charge on any atom is 0.224 e. The number of carbonyl (C=O) groups excluding carboxylic acids is 1. The van der Waals surface area contributed by atoms with Gasteiger partial charge in [0, 0.05) is 26.2 Å². The fraction of sp³-hybridized carbons (Fsp3) is 0.650. The Morgan fingerprint density at radius 2 is 1.88 bits per heavy atom. The molecule has 2 aliphatic rings. The molecule has 3 rings (SSSR count). The van der Waals surface area contributed by atoms with Crippen molar-refractivity contribution in [2.75, 3.05) is 26.2 Å². The summed E-state index contributed by atoms with van der Waals surface area (Å²) in [5.74, 6) is 1.15. The van der Waals surface area contributed by atoms with Crippen molar-refractivity contribution in [1.29, 1.82) is 0 Å². The van der Waals surface area contributed by atoms with E-state index in [0.717, 1.165) is 38.4 Å². The van der Waals surface area contributed by atoms with Crippen LogP contribution in [-0.2, 0) is 17.9 Å². The Labute approximate surface area is 170 Å². The lowest BCUT2D eigenvalue weighted by atomic mass is 9.98. The van der Waals surface area contributed by atoms with Crippen LogP contribution in [0, 0.1) is 11.8 Å². The number of hydrogen-bond donors (Lipinski definition) is 2. The predicted octanol–water partition coefficient (Wildman–Crippen LogP) is 3.38. The maximum atomic E-state index is 12.2. The van der Waals surface area contributed by atoms with Crippen LogP contribution in [0.5, 0.6) is 0 Å². The van der Waals surface area contributed by atoms with Gasteiger partial charge in [-0.2, -0.15) is 0 Å². The molecule has 1 aromatic carbocycles. The lowest BCUT2D eigenvalue weighted by Gasteiger charge is -2.30. The zero-order valence-electron chi connectivity index (χ0n) is 15.7. The summed E-state index contributed by atoms with van der Waals surface area (Å²) in [6, 6.07) is 8.73. The first-order chi connectivity index (χ1) is 11.7. The molecule has 2 atom stereocenters. The van der Waals surface area contributed by atoms with Gasteiger partial charge < -0.3 is 10.6 Å². The lowest BCUT2D eigenvalue weighted by Crippen LogP contribution is -2.40. The molecule has 6 heteroatoms. The molecule has 0 aliphatic carbocycles. The second-order valence-electron chi connectivity index (χ2n) is 7.56. The quantitative estimate of drug-likeness (QED) is 0.794. The van der Waals surface area contributed by atoms with Crippen LogP contribution in [0.1, 0.15) is 43.7 Å². The fourth-order valence-electron chi connectivity index (χ4n) is 3.86. The normalized spacial score (nSPS) is 23.4. The Hall–Kier alpha value is -0.810. The summed E-state index contributed by atoms with van der Waals surface area (Å²) in [5.41, 5.74) is 2.55. The van der Waals surface area contributed by atoms with Crippen LogP contribution in [-0.4, -0.2) is 37.0 Å². The number of nitrogens with zero attached hydrogens (tertiary/aromatic N) is 1. The molecule has 2 aliphatic heterocycles. The molecule has 148 valence electrons. The summed E-state index contributed by atoms with van der Waals surface area (Å²) in [6.45, 7) is 8.33. The highest BCUT2D eigenvalue weighted by Gasteiger charge is 2.20. The molecule has 1 aromatic rings. The van der Waals surface area contributed by atoms with Crippen molar-refractivity contribution in [3.8, 4) is 0 Å². The van der Waals surface area contributed by atoms with Crippen LogP contribution < -0.4 is 10.6 Å². The first-order valence-electron chi connectivity index (χ1n) is 9.49. The summed E-state index contributed by atoms with van der Waals surface area (Å²) in [7, 11) is 0. The number of hydrogen-bond acceptors (Lipinski definition) is 3. The highest BCUT2D eigenvalue weighted by atomic mass is 35.5. The van der Waals surface area contributed by atoms with Crippen molar-refractivity contribution >= 4 is 30.7 Å². The predicted molar refractivity (Wildman–Crippen MR) is 112 cm³/mol. The van der Waals surface area contributed by atoms with Crippen LogP contribution in [0.2, 0.25) is 0 Å². The van der Waals surface area contributed by atoms with Gasteiger partial charge in [0.15, 0.2) is 0 Å². The molecule has 0 radical (unpaired) electrons. The van der Waals surface area contributed by atoms with Crippen LogP contribution in [0.3, 0.4) is 0 Å². The molecule has 2 unspecified atom stereocenters. The minimum Gasteiger partial charge on any atom is -0.352 e. The van der Waals surface area contributed by atoms with E-state index in [0.29, 0.717) is 6.54 Å². The summed E-state index contributed by atoms with van der Waals surface area (Å²) in [6.07, 6.45) is 4.79. The molecule has 0 bridgehead atoms. The summed E-state index contributed by atoms with van der Waals surface area (Å²) in [5, 5.41) is 6.38. The SMILES string of the molecule is CC1CCCN(Cc2ccc(CNC(=O)C3CCCNC3)cc2)C1.Cl.Cl. The van der Waals surface area contributed by atoms with Crippen LogP contribution in [0.15, 0.2) is 24.3 Å². The smallest absolute Gasteiger partial charge is 0.224 e. The number of carbonyl (C=O) groups is 1. The molecular formula is C20H33Cl2N3O. The first kappa shape index (κ1) is 23.2. The molecule has 1 amide bonds. The molecule has 0 saturated carbocycles. The third-order valence-electron chi connectivity index (χ3n) is 5.30. The third kappa shape index (κ3) is 7.07. The Bertz CT molecular complexity index is 532. The fourth-order valence-corrected chi connectivity index (χ4v) is 3.86. The van der Waals surface area contributed by atoms with Crippen molar-refractivity contribution < 1.29 is 4.79 Å². The summed E-state index contributed by atoms with van der Waals surface area (Å²) >= 11 is 0. The number of piperidine rings is 2. The average Bonchev–Trinajstić information content (AvgIpc) is 2.62. The zero-order valence-corrected chi connectivity index (χ0v) is 17.3. The van der Waals surface area contributed by atoms with Crippen molar-refractivity contribution in [2.45, 2.75) is 45.7 Å². The van der Waals surface area contributed by atoms with Gasteiger partial charge >= 0.3 is 0 Å². The number of halogens is 2. The molecule has 2 N–H and O–H groups in total. The highest BCUT2D eigenvalue weighted by molar-refractivity contribution is 5.85. The van der Waals surface area contributed by atoms with Gasteiger partial charge in [0.05, 0.1) is 5.92 Å². The lowest BCUT2D eigenvalue weighted by molar-refractivity contribution is -0.125. The van der Waals surface area contributed by atoms with Gasteiger partial charge in [-0.15, -0.1) is 24.8 Å². The van der Waals surface area contributed by atoms with Crippen LogP contribution in [0.4, 0.5) is 0 Å². The van der Waals surface area contributed by atoms with Gasteiger partial charge in [-0.05, 0) is 55.8 Å². The second kappa shape index (κ2) is 11.8. The van der Waals surface area contributed by atoms with Crippen LogP contribution >= 0.6 is 24.8 Å². The maximum absolute atomic E-state index is 12.2. The van der Waals surface area contributed by atoms with Gasteiger partial charge in [0.25, 0.3) is 0 Å². The average molecular weight is 402 g/mol. The molecule has 4 nitrogen and oxygen atoms in total. The minimum atomic E-state index is 0. The van der Waals surface area contributed by atoms with Gasteiger partial charge in [-0.1, -0.05) is 31.2 Å². The molecule has 26 heavy (non-hydrogen) atoms. The van der Waals surface area contributed by atoms with E-state index in [4.69, 9.17) is 0 Å². The van der Waals surface area contributed by atoms with E-state index in [-0.39, 0.29) is 36.6 Å². The van der Waals surface area contributed by atoms with E-state index in [1.807, 2.05) is 0 Å². The Morgan fingerprint density at radius 1 is 1.15 bits per heavy atom. The Morgan fingerprint density at radius 3 is 2.54 bits per heavy atom. The Balaban J connectivity index is 0.00000169. The molecule has 2 fully saturated rings. The topological polar surface area (TPSA) is 44.4 Å². The van der Waals surface area contributed by atoms with E-state index < -0.39 is 0 Å². The van der Waals surface area contributed by atoms with E-state index in [2.05, 4.69) is 46.7 Å². The molecule has 0 spiro atoms.